The number of hydrogen-bond donors (Lipinski definition) is 2. The SMILES string of the molecule is Cc1cccc(C(=O)NC2CCCCC2C(=O)O)n1. The van der Waals surface area contributed by atoms with Crippen molar-refractivity contribution in [3.8, 4) is 0 Å². The van der Waals surface area contributed by atoms with E-state index in [4.69, 9.17) is 5.11 Å². The molecule has 2 unspecified atom stereocenters. The first kappa shape index (κ1) is 13.5. The van der Waals surface area contributed by atoms with Gasteiger partial charge in [-0.15, -0.1) is 0 Å². The molecule has 2 N–H and O–H groups in total. The predicted octanol–water partition coefficient (Wildman–Crippen LogP) is 1.76. The molecule has 102 valence electrons. The van der Waals surface area contributed by atoms with Crippen molar-refractivity contribution in [2.75, 3.05) is 0 Å². The number of pyridine rings is 1. The molecule has 0 radical (unpaired) electrons. The van der Waals surface area contributed by atoms with Gasteiger partial charge >= 0.3 is 5.97 Å². The highest BCUT2D eigenvalue weighted by molar-refractivity contribution is 5.92. The fourth-order valence-electron chi connectivity index (χ4n) is 2.51. The van der Waals surface area contributed by atoms with Gasteiger partial charge in [-0.05, 0) is 31.9 Å². The molecular formula is C14H18N2O3. The van der Waals surface area contributed by atoms with E-state index in [1.54, 1.807) is 12.1 Å². The molecule has 2 rings (SSSR count). The molecule has 0 saturated heterocycles. The summed E-state index contributed by atoms with van der Waals surface area (Å²) < 4.78 is 0. The lowest BCUT2D eigenvalue weighted by atomic mass is 9.84. The molecule has 5 heteroatoms. The van der Waals surface area contributed by atoms with Crippen LogP contribution < -0.4 is 5.32 Å². The molecule has 1 aromatic heterocycles. The summed E-state index contributed by atoms with van der Waals surface area (Å²) in [5, 5.41) is 12.0. The van der Waals surface area contributed by atoms with Gasteiger partial charge in [-0.1, -0.05) is 18.9 Å². The van der Waals surface area contributed by atoms with Crippen molar-refractivity contribution in [3.63, 3.8) is 0 Å². The van der Waals surface area contributed by atoms with Gasteiger partial charge in [0.2, 0.25) is 0 Å². The molecule has 2 atom stereocenters. The van der Waals surface area contributed by atoms with E-state index in [9.17, 15) is 9.59 Å². The number of carbonyl (C=O) groups excluding carboxylic acids is 1. The van der Waals surface area contributed by atoms with Gasteiger partial charge in [0, 0.05) is 11.7 Å². The largest absolute Gasteiger partial charge is 0.481 e. The van der Waals surface area contributed by atoms with Gasteiger partial charge in [-0.3, -0.25) is 9.59 Å². The van der Waals surface area contributed by atoms with E-state index in [-0.39, 0.29) is 11.9 Å². The zero-order chi connectivity index (χ0) is 13.8. The minimum absolute atomic E-state index is 0.290. The number of amides is 1. The second-order valence-electron chi connectivity index (χ2n) is 4.97. The summed E-state index contributed by atoms with van der Waals surface area (Å²) >= 11 is 0. The van der Waals surface area contributed by atoms with Crippen LogP contribution in [0.2, 0.25) is 0 Å². The van der Waals surface area contributed by atoms with Crippen LogP contribution in [0, 0.1) is 12.8 Å². The van der Waals surface area contributed by atoms with Gasteiger partial charge in [-0.25, -0.2) is 4.98 Å². The van der Waals surface area contributed by atoms with Gasteiger partial charge in [0.15, 0.2) is 0 Å². The Kier molecular flexibility index (Phi) is 4.14. The number of carbonyl (C=O) groups is 2. The molecule has 0 bridgehead atoms. The van der Waals surface area contributed by atoms with Crippen molar-refractivity contribution in [2.45, 2.75) is 38.6 Å². The lowest BCUT2D eigenvalue weighted by Gasteiger charge is -2.29. The van der Waals surface area contributed by atoms with E-state index in [0.717, 1.165) is 18.5 Å². The Bertz CT molecular complexity index is 487. The third-order valence-electron chi connectivity index (χ3n) is 3.52. The van der Waals surface area contributed by atoms with Crippen molar-refractivity contribution < 1.29 is 14.7 Å². The van der Waals surface area contributed by atoms with Gasteiger partial charge < -0.3 is 10.4 Å². The van der Waals surface area contributed by atoms with Crippen LogP contribution in [0.3, 0.4) is 0 Å². The molecule has 19 heavy (non-hydrogen) atoms. The lowest BCUT2D eigenvalue weighted by Crippen LogP contribution is -2.45. The van der Waals surface area contributed by atoms with E-state index in [1.807, 2.05) is 13.0 Å². The Balaban J connectivity index is 2.07. The second-order valence-corrected chi connectivity index (χ2v) is 4.97. The van der Waals surface area contributed by atoms with Crippen LogP contribution in [0.15, 0.2) is 18.2 Å². The summed E-state index contributed by atoms with van der Waals surface area (Å²) in [4.78, 5) is 27.4. The zero-order valence-corrected chi connectivity index (χ0v) is 10.9. The summed E-state index contributed by atoms with van der Waals surface area (Å²) in [6.07, 6.45) is 3.21. The molecule has 5 nitrogen and oxygen atoms in total. The van der Waals surface area contributed by atoms with Crippen LogP contribution in [0.1, 0.15) is 41.9 Å². The number of aromatic nitrogens is 1. The van der Waals surface area contributed by atoms with Crippen LogP contribution in [0.5, 0.6) is 0 Å². The van der Waals surface area contributed by atoms with Crippen molar-refractivity contribution in [1.82, 2.24) is 10.3 Å². The highest BCUT2D eigenvalue weighted by Crippen LogP contribution is 2.24. The molecule has 0 aromatic carbocycles. The Morgan fingerprint density at radius 3 is 2.74 bits per heavy atom. The van der Waals surface area contributed by atoms with E-state index in [1.165, 1.54) is 0 Å². The molecule has 1 aliphatic rings. The van der Waals surface area contributed by atoms with Crippen molar-refractivity contribution in [3.05, 3.63) is 29.6 Å². The quantitative estimate of drug-likeness (QED) is 0.870. The topological polar surface area (TPSA) is 79.3 Å². The summed E-state index contributed by atoms with van der Waals surface area (Å²) in [5.41, 5.74) is 1.11. The van der Waals surface area contributed by atoms with E-state index in [2.05, 4.69) is 10.3 Å². The van der Waals surface area contributed by atoms with Gasteiger partial charge in [0.25, 0.3) is 5.91 Å². The summed E-state index contributed by atoms with van der Waals surface area (Å²) in [6, 6.07) is 4.94. The van der Waals surface area contributed by atoms with Gasteiger partial charge in [0.1, 0.15) is 5.69 Å². The number of carboxylic acids is 1. The lowest BCUT2D eigenvalue weighted by molar-refractivity contribution is -0.143. The van der Waals surface area contributed by atoms with Crippen LogP contribution in [-0.4, -0.2) is 28.0 Å². The average Bonchev–Trinajstić information content (AvgIpc) is 2.39. The number of nitrogens with one attached hydrogen (secondary N) is 1. The number of rotatable bonds is 3. The molecule has 0 aliphatic heterocycles. The van der Waals surface area contributed by atoms with Crippen LogP contribution in [0.25, 0.3) is 0 Å². The Morgan fingerprint density at radius 2 is 2.05 bits per heavy atom. The third kappa shape index (κ3) is 3.30. The fraction of sp³-hybridized carbons (Fsp3) is 0.500. The standard InChI is InChI=1S/C14H18N2O3/c1-9-5-4-8-12(15-9)13(17)16-11-7-3-2-6-10(11)14(18)19/h4-5,8,10-11H,2-3,6-7H2,1H3,(H,16,17)(H,18,19). The Labute approximate surface area is 112 Å². The van der Waals surface area contributed by atoms with Gasteiger partial charge in [0.05, 0.1) is 5.92 Å². The average molecular weight is 262 g/mol. The second kappa shape index (κ2) is 5.82. The Morgan fingerprint density at radius 1 is 1.32 bits per heavy atom. The number of carboxylic acid groups (broad SMARTS) is 1. The van der Waals surface area contributed by atoms with E-state index >= 15 is 0 Å². The first-order valence-electron chi connectivity index (χ1n) is 6.55. The minimum Gasteiger partial charge on any atom is -0.481 e. The molecule has 1 saturated carbocycles. The van der Waals surface area contributed by atoms with Crippen LogP contribution >= 0.6 is 0 Å². The van der Waals surface area contributed by atoms with Crippen molar-refractivity contribution >= 4 is 11.9 Å². The number of aliphatic carboxylic acids is 1. The maximum atomic E-state index is 12.1. The molecule has 1 aliphatic carbocycles. The first-order valence-corrected chi connectivity index (χ1v) is 6.55. The Hall–Kier alpha value is -1.91. The normalized spacial score (nSPS) is 22.8. The zero-order valence-electron chi connectivity index (χ0n) is 10.9. The van der Waals surface area contributed by atoms with Crippen LogP contribution in [0.4, 0.5) is 0 Å². The number of nitrogens with zero attached hydrogens (tertiary/aromatic N) is 1. The van der Waals surface area contributed by atoms with E-state index in [0.29, 0.717) is 18.5 Å². The molecule has 1 aromatic rings. The van der Waals surface area contributed by atoms with E-state index < -0.39 is 11.9 Å². The molecule has 0 spiro atoms. The maximum Gasteiger partial charge on any atom is 0.308 e. The van der Waals surface area contributed by atoms with Gasteiger partial charge in [-0.2, -0.15) is 0 Å². The monoisotopic (exact) mass is 262 g/mol. The molecule has 1 fully saturated rings. The predicted molar refractivity (Wildman–Crippen MR) is 69.8 cm³/mol. The smallest absolute Gasteiger partial charge is 0.308 e. The van der Waals surface area contributed by atoms with Crippen LogP contribution in [-0.2, 0) is 4.79 Å². The highest BCUT2D eigenvalue weighted by atomic mass is 16.4. The molecule has 1 heterocycles. The number of hydrogen-bond acceptors (Lipinski definition) is 3. The third-order valence-corrected chi connectivity index (χ3v) is 3.52. The van der Waals surface area contributed by atoms with Crippen molar-refractivity contribution in [1.29, 1.82) is 0 Å². The number of aryl methyl sites for hydroxylation is 1. The fourth-order valence-corrected chi connectivity index (χ4v) is 2.51. The van der Waals surface area contributed by atoms with Crippen molar-refractivity contribution in [2.24, 2.45) is 5.92 Å². The molecule has 1 amide bonds. The first-order chi connectivity index (χ1) is 9.08. The summed E-state index contributed by atoms with van der Waals surface area (Å²) in [6.45, 7) is 1.82. The summed E-state index contributed by atoms with van der Waals surface area (Å²) in [7, 11) is 0. The highest BCUT2D eigenvalue weighted by Gasteiger charge is 2.32. The summed E-state index contributed by atoms with van der Waals surface area (Å²) in [5.74, 6) is -1.61. The molecular weight excluding hydrogens is 244 g/mol. The maximum absolute atomic E-state index is 12.1. The minimum atomic E-state index is -0.831.